The zero-order chi connectivity index (χ0) is 12.5. The molecule has 0 radical (unpaired) electrons. The van der Waals surface area contributed by atoms with E-state index in [2.05, 4.69) is 10.2 Å². The number of amides is 1. The first-order valence-corrected chi connectivity index (χ1v) is 6.47. The molecule has 0 saturated carbocycles. The van der Waals surface area contributed by atoms with Gasteiger partial charge in [0.05, 0.1) is 0 Å². The van der Waals surface area contributed by atoms with Gasteiger partial charge in [-0.1, -0.05) is 0 Å². The van der Waals surface area contributed by atoms with Crippen molar-refractivity contribution >= 4 is 5.91 Å². The molecular weight excluding hydrogens is 218 g/mol. The Morgan fingerprint density at radius 2 is 2.18 bits per heavy atom. The third-order valence-electron chi connectivity index (χ3n) is 3.15. The normalized spacial score (nSPS) is 18.2. The molecule has 1 aliphatic rings. The number of likely N-dealkylation sites (tertiary alicyclic amines) is 1. The minimum atomic E-state index is 0.152. The molecule has 17 heavy (non-hydrogen) atoms. The number of carbonyl (C=O) groups is 1. The van der Waals surface area contributed by atoms with Crippen molar-refractivity contribution in [1.29, 1.82) is 0 Å². The van der Waals surface area contributed by atoms with Gasteiger partial charge in [0.15, 0.2) is 0 Å². The summed E-state index contributed by atoms with van der Waals surface area (Å²) in [5.41, 5.74) is 5.52. The lowest BCUT2D eigenvalue weighted by atomic mass is 10.0. The second-order valence-corrected chi connectivity index (χ2v) is 4.57. The Kier molecular flexibility index (Phi) is 7.16. The first-order chi connectivity index (χ1) is 8.26. The Bertz CT molecular complexity index is 216. The van der Waals surface area contributed by atoms with E-state index in [1.165, 1.54) is 0 Å². The molecule has 0 unspecified atom stereocenters. The molecule has 1 fully saturated rings. The zero-order valence-corrected chi connectivity index (χ0v) is 10.8. The minimum Gasteiger partial charge on any atom is -0.385 e. The second kappa shape index (κ2) is 8.44. The van der Waals surface area contributed by atoms with Gasteiger partial charge >= 0.3 is 0 Å². The van der Waals surface area contributed by atoms with Crippen molar-refractivity contribution in [3.63, 3.8) is 0 Å². The Balaban J connectivity index is 2.10. The van der Waals surface area contributed by atoms with Crippen molar-refractivity contribution in [2.75, 3.05) is 39.9 Å². The molecule has 0 aromatic heterocycles. The van der Waals surface area contributed by atoms with Crippen molar-refractivity contribution in [1.82, 2.24) is 10.2 Å². The summed E-state index contributed by atoms with van der Waals surface area (Å²) in [7, 11) is 1.66. The smallest absolute Gasteiger partial charge is 0.220 e. The zero-order valence-electron chi connectivity index (χ0n) is 10.8. The summed E-state index contributed by atoms with van der Waals surface area (Å²) in [6.45, 7) is 4.42. The highest BCUT2D eigenvalue weighted by molar-refractivity contribution is 5.76. The van der Waals surface area contributed by atoms with Gasteiger partial charge in [0.25, 0.3) is 0 Å². The average molecular weight is 243 g/mol. The number of methoxy groups -OCH3 is 1. The van der Waals surface area contributed by atoms with Gasteiger partial charge in [0.1, 0.15) is 0 Å². The summed E-state index contributed by atoms with van der Waals surface area (Å²) in [5.74, 6) is 0.152. The average Bonchev–Trinajstić information content (AvgIpc) is 2.32. The van der Waals surface area contributed by atoms with E-state index in [4.69, 9.17) is 10.5 Å². The standard InChI is InChI=1S/C12H25N3O2/c1-17-10-2-3-12(16)14-11-4-7-15(8-5-11)9-6-13/h11H,2-10,13H2,1H3,(H,14,16). The van der Waals surface area contributed by atoms with Crippen LogP contribution >= 0.6 is 0 Å². The molecule has 3 N–H and O–H groups in total. The summed E-state index contributed by atoms with van der Waals surface area (Å²) in [6, 6.07) is 0.346. The fourth-order valence-corrected chi connectivity index (χ4v) is 2.16. The molecular formula is C12H25N3O2. The molecule has 0 aromatic rings. The van der Waals surface area contributed by atoms with Crippen LogP contribution in [-0.2, 0) is 9.53 Å². The largest absolute Gasteiger partial charge is 0.385 e. The van der Waals surface area contributed by atoms with Crippen molar-refractivity contribution < 1.29 is 9.53 Å². The van der Waals surface area contributed by atoms with Crippen LogP contribution < -0.4 is 11.1 Å². The van der Waals surface area contributed by atoms with E-state index >= 15 is 0 Å². The number of carbonyl (C=O) groups excluding carboxylic acids is 1. The Morgan fingerprint density at radius 3 is 2.76 bits per heavy atom. The van der Waals surface area contributed by atoms with Crippen molar-refractivity contribution in [3.05, 3.63) is 0 Å². The van der Waals surface area contributed by atoms with Gasteiger partial charge in [0.2, 0.25) is 5.91 Å². The van der Waals surface area contributed by atoms with E-state index in [0.29, 0.717) is 25.6 Å². The maximum Gasteiger partial charge on any atom is 0.220 e. The van der Waals surface area contributed by atoms with Gasteiger partial charge in [0, 0.05) is 52.4 Å². The third kappa shape index (κ3) is 6.00. The van der Waals surface area contributed by atoms with Gasteiger partial charge in [-0.25, -0.2) is 0 Å². The van der Waals surface area contributed by atoms with Crippen LogP contribution in [0.2, 0.25) is 0 Å². The van der Waals surface area contributed by atoms with Crippen LogP contribution in [0, 0.1) is 0 Å². The quantitative estimate of drug-likeness (QED) is 0.615. The van der Waals surface area contributed by atoms with Crippen LogP contribution in [0.25, 0.3) is 0 Å². The topological polar surface area (TPSA) is 67.6 Å². The fraction of sp³-hybridized carbons (Fsp3) is 0.917. The van der Waals surface area contributed by atoms with E-state index in [1.54, 1.807) is 7.11 Å². The van der Waals surface area contributed by atoms with E-state index in [9.17, 15) is 4.79 Å². The molecule has 1 saturated heterocycles. The van der Waals surface area contributed by atoms with Crippen LogP contribution in [0.15, 0.2) is 0 Å². The summed E-state index contributed by atoms with van der Waals surface area (Å²) in [6.07, 6.45) is 3.44. The van der Waals surface area contributed by atoms with E-state index < -0.39 is 0 Å². The lowest BCUT2D eigenvalue weighted by Crippen LogP contribution is -2.45. The molecule has 0 atom stereocenters. The molecule has 1 aliphatic heterocycles. The molecule has 5 nitrogen and oxygen atoms in total. The van der Waals surface area contributed by atoms with Gasteiger partial charge in [-0.2, -0.15) is 0 Å². The Labute approximate surface area is 104 Å². The highest BCUT2D eigenvalue weighted by atomic mass is 16.5. The summed E-state index contributed by atoms with van der Waals surface area (Å²) in [4.78, 5) is 13.9. The number of piperidine rings is 1. The predicted molar refractivity (Wildman–Crippen MR) is 67.8 cm³/mol. The summed E-state index contributed by atoms with van der Waals surface area (Å²) in [5, 5.41) is 3.09. The maximum absolute atomic E-state index is 11.6. The molecule has 1 heterocycles. The van der Waals surface area contributed by atoms with Gasteiger partial charge in [-0.05, 0) is 19.3 Å². The second-order valence-electron chi connectivity index (χ2n) is 4.57. The number of rotatable bonds is 7. The molecule has 1 amide bonds. The first-order valence-electron chi connectivity index (χ1n) is 6.47. The first kappa shape index (κ1) is 14.4. The van der Waals surface area contributed by atoms with Gasteiger partial charge < -0.3 is 20.7 Å². The molecule has 0 bridgehead atoms. The van der Waals surface area contributed by atoms with Crippen LogP contribution in [0.4, 0.5) is 0 Å². The monoisotopic (exact) mass is 243 g/mol. The number of hydrogen-bond acceptors (Lipinski definition) is 4. The number of hydrogen-bond donors (Lipinski definition) is 2. The van der Waals surface area contributed by atoms with E-state index in [1.807, 2.05) is 0 Å². The van der Waals surface area contributed by atoms with Gasteiger partial charge in [-0.3, -0.25) is 4.79 Å². The molecule has 0 aromatic carbocycles. The lowest BCUT2D eigenvalue weighted by Gasteiger charge is -2.32. The van der Waals surface area contributed by atoms with Crippen LogP contribution in [0.3, 0.4) is 0 Å². The van der Waals surface area contributed by atoms with Crippen LogP contribution in [-0.4, -0.2) is 56.7 Å². The van der Waals surface area contributed by atoms with Crippen molar-refractivity contribution in [2.24, 2.45) is 5.73 Å². The fourth-order valence-electron chi connectivity index (χ4n) is 2.16. The SMILES string of the molecule is COCCCC(=O)NC1CCN(CCN)CC1. The van der Waals surface area contributed by atoms with Crippen LogP contribution in [0.5, 0.6) is 0 Å². The lowest BCUT2D eigenvalue weighted by molar-refractivity contribution is -0.122. The highest BCUT2D eigenvalue weighted by Gasteiger charge is 2.19. The maximum atomic E-state index is 11.6. The van der Waals surface area contributed by atoms with Gasteiger partial charge in [-0.15, -0.1) is 0 Å². The van der Waals surface area contributed by atoms with Crippen molar-refractivity contribution in [2.45, 2.75) is 31.7 Å². The highest BCUT2D eigenvalue weighted by Crippen LogP contribution is 2.09. The number of nitrogens with two attached hydrogens (primary N) is 1. The van der Waals surface area contributed by atoms with E-state index in [0.717, 1.165) is 38.9 Å². The molecule has 1 rings (SSSR count). The predicted octanol–water partition coefficient (Wildman–Crippen LogP) is -0.0477. The Morgan fingerprint density at radius 1 is 1.47 bits per heavy atom. The molecule has 0 spiro atoms. The molecule has 5 heteroatoms. The number of nitrogens with one attached hydrogen (secondary N) is 1. The minimum absolute atomic E-state index is 0.152. The number of ether oxygens (including phenoxy) is 1. The van der Waals surface area contributed by atoms with Crippen LogP contribution in [0.1, 0.15) is 25.7 Å². The molecule has 0 aliphatic carbocycles. The number of nitrogens with zero attached hydrogens (tertiary/aromatic N) is 1. The van der Waals surface area contributed by atoms with E-state index in [-0.39, 0.29) is 5.91 Å². The summed E-state index contributed by atoms with van der Waals surface area (Å²) >= 11 is 0. The molecule has 100 valence electrons. The van der Waals surface area contributed by atoms with Crippen molar-refractivity contribution in [3.8, 4) is 0 Å². The third-order valence-corrected chi connectivity index (χ3v) is 3.15. The summed E-state index contributed by atoms with van der Waals surface area (Å²) < 4.78 is 4.92. The Hall–Kier alpha value is -0.650.